The first-order valence-electron chi connectivity index (χ1n) is 7.07. The van der Waals surface area contributed by atoms with E-state index in [4.69, 9.17) is 5.73 Å². The van der Waals surface area contributed by atoms with E-state index in [1.165, 1.54) is 0 Å². The van der Waals surface area contributed by atoms with Crippen LogP contribution in [0.15, 0.2) is 30.3 Å². The Labute approximate surface area is 121 Å². The molecule has 1 amide bonds. The Balaban J connectivity index is 2.03. The molecule has 6 heteroatoms. The van der Waals surface area contributed by atoms with Crippen molar-refractivity contribution in [3.05, 3.63) is 35.9 Å². The Hall–Kier alpha value is -1.56. The number of hydrogen-bond acceptors (Lipinski definition) is 2. The van der Waals surface area contributed by atoms with Crippen LogP contribution < -0.4 is 11.1 Å². The molecule has 2 rings (SSSR count). The van der Waals surface area contributed by atoms with Gasteiger partial charge in [-0.15, -0.1) is 0 Å². The van der Waals surface area contributed by atoms with Crippen molar-refractivity contribution >= 4 is 5.91 Å². The van der Waals surface area contributed by atoms with Gasteiger partial charge >= 0.3 is 6.18 Å². The van der Waals surface area contributed by atoms with Crippen LogP contribution in [0.5, 0.6) is 0 Å². The molecule has 3 N–H and O–H groups in total. The fourth-order valence-electron chi connectivity index (χ4n) is 2.78. The highest BCUT2D eigenvalue weighted by atomic mass is 19.4. The molecule has 0 spiro atoms. The van der Waals surface area contributed by atoms with Gasteiger partial charge in [-0.1, -0.05) is 43.2 Å². The second-order valence-corrected chi connectivity index (χ2v) is 5.44. The van der Waals surface area contributed by atoms with Gasteiger partial charge < -0.3 is 11.1 Å². The molecule has 0 bridgehead atoms. The lowest BCUT2D eigenvalue weighted by Crippen LogP contribution is -2.49. The summed E-state index contributed by atoms with van der Waals surface area (Å²) < 4.78 is 38.9. The number of benzene rings is 1. The van der Waals surface area contributed by atoms with E-state index in [9.17, 15) is 18.0 Å². The van der Waals surface area contributed by atoms with Gasteiger partial charge in [0.05, 0.1) is 5.92 Å². The van der Waals surface area contributed by atoms with Gasteiger partial charge in [0.1, 0.15) is 6.04 Å². The maximum absolute atomic E-state index is 13.0. The van der Waals surface area contributed by atoms with Crippen molar-refractivity contribution < 1.29 is 18.0 Å². The van der Waals surface area contributed by atoms with Gasteiger partial charge in [-0.05, 0) is 18.4 Å². The number of amides is 1. The monoisotopic (exact) mass is 300 g/mol. The topological polar surface area (TPSA) is 55.1 Å². The lowest BCUT2D eigenvalue weighted by atomic mass is 9.83. The zero-order valence-electron chi connectivity index (χ0n) is 11.6. The summed E-state index contributed by atoms with van der Waals surface area (Å²) in [5.74, 6) is -2.03. The van der Waals surface area contributed by atoms with Crippen molar-refractivity contribution in [3.8, 4) is 0 Å². The zero-order chi connectivity index (χ0) is 15.5. The molecule has 1 aromatic carbocycles. The van der Waals surface area contributed by atoms with Gasteiger partial charge in [0.15, 0.2) is 0 Å². The first-order valence-corrected chi connectivity index (χ1v) is 7.07. The van der Waals surface area contributed by atoms with Gasteiger partial charge in [0, 0.05) is 6.04 Å². The predicted octanol–water partition coefficient (Wildman–Crippen LogP) is 2.92. The van der Waals surface area contributed by atoms with Gasteiger partial charge in [-0.3, -0.25) is 4.79 Å². The van der Waals surface area contributed by atoms with Crippen LogP contribution in [0.1, 0.15) is 37.3 Å². The number of nitrogens with one attached hydrogen (secondary N) is 1. The fraction of sp³-hybridized carbons (Fsp3) is 0.533. The van der Waals surface area contributed by atoms with E-state index in [0.717, 1.165) is 0 Å². The SMILES string of the molecule is N[C@H](C(=O)NC1CCCCC1C(F)(F)F)c1ccccc1. The van der Waals surface area contributed by atoms with Crippen LogP contribution >= 0.6 is 0 Å². The van der Waals surface area contributed by atoms with Crippen molar-refractivity contribution in [1.29, 1.82) is 0 Å². The van der Waals surface area contributed by atoms with Crippen molar-refractivity contribution in [2.75, 3.05) is 0 Å². The lowest BCUT2D eigenvalue weighted by Gasteiger charge is -2.34. The number of hydrogen-bond donors (Lipinski definition) is 2. The minimum absolute atomic E-state index is 0.0645. The minimum atomic E-state index is -4.28. The molecule has 0 aromatic heterocycles. The molecule has 1 aromatic rings. The summed E-state index contributed by atoms with van der Waals surface area (Å²) >= 11 is 0. The van der Waals surface area contributed by atoms with Gasteiger partial charge in [-0.2, -0.15) is 13.2 Å². The van der Waals surface area contributed by atoms with E-state index < -0.39 is 30.1 Å². The van der Waals surface area contributed by atoms with Crippen LogP contribution in [0.25, 0.3) is 0 Å². The van der Waals surface area contributed by atoms with Crippen molar-refractivity contribution in [3.63, 3.8) is 0 Å². The number of rotatable bonds is 3. The van der Waals surface area contributed by atoms with Gasteiger partial charge in [-0.25, -0.2) is 0 Å². The van der Waals surface area contributed by atoms with Gasteiger partial charge in [0.2, 0.25) is 5.91 Å². The highest BCUT2D eigenvalue weighted by molar-refractivity contribution is 5.83. The quantitative estimate of drug-likeness (QED) is 0.902. The summed E-state index contributed by atoms with van der Waals surface area (Å²) in [4.78, 5) is 12.1. The number of alkyl halides is 3. The summed E-state index contributed by atoms with van der Waals surface area (Å²) in [6.45, 7) is 0. The second-order valence-electron chi connectivity index (χ2n) is 5.44. The molecular formula is C15H19F3N2O. The zero-order valence-corrected chi connectivity index (χ0v) is 11.6. The molecule has 1 fully saturated rings. The van der Waals surface area contributed by atoms with E-state index in [2.05, 4.69) is 5.32 Å². The first kappa shape index (κ1) is 15.8. The molecule has 3 nitrogen and oxygen atoms in total. The molecule has 2 unspecified atom stereocenters. The fourth-order valence-corrected chi connectivity index (χ4v) is 2.78. The molecule has 116 valence electrons. The molecule has 21 heavy (non-hydrogen) atoms. The molecule has 1 saturated carbocycles. The van der Waals surface area contributed by atoms with Crippen LogP contribution in [0, 0.1) is 5.92 Å². The highest BCUT2D eigenvalue weighted by Crippen LogP contribution is 2.37. The maximum Gasteiger partial charge on any atom is 0.393 e. The summed E-state index contributed by atoms with van der Waals surface area (Å²) in [6, 6.07) is 6.82. The average molecular weight is 300 g/mol. The van der Waals surface area contributed by atoms with Crippen molar-refractivity contribution in [1.82, 2.24) is 5.32 Å². The third-order valence-electron chi connectivity index (χ3n) is 3.96. The van der Waals surface area contributed by atoms with Crippen molar-refractivity contribution in [2.45, 2.75) is 43.9 Å². The maximum atomic E-state index is 13.0. The van der Waals surface area contributed by atoms with Crippen LogP contribution in [-0.2, 0) is 4.79 Å². The van der Waals surface area contributed by atoms with E-state index in [0.29, 0.717) is 24.8 Å². The van der Waals surface area contributed by atoms with Crippen molar-refractivity contribution in [2.24, 2.45) is 11.7 Å². The number of carbonyl (C=O) groups excluding carboxylic acids is 1. The number of carbonyl (C=O) groups is 1. The van der Waals surface area contributed by atoms with Crippen LogP contribution in [0.2, 0.25) is 0 Å². The van der Waals surface area contributed by atoms with Crippen LogP contribution in [0.4, 0.5) is 13.2 Å². The molecule has 1 aliphatic carbocycles. The summed E-state index contributed by atoms with van der Waals surface area (Å²) in [5.41, 5.74) is 6.41. The Kier molecular flexibility index (Phi) is 4.88. The average Bonchev–Trinajstić information content (AvgIpc) is 2.47. The molecule has 0 heterocycles. The van der Waals surface area contributed by atoms with Gasteiger partial charge in [0.25, 0.3) is 0 Å². The standard InChI is InChI=1S/C15H19F3N2O/c16-15(17,18)11-8-4-5-9-12(11)20-14(21)13(19)10-6-2-1-3-7-10/h1-3,6-7,11-13H,4-5,8-9,19H2,(H,20,21)/t11?,12?,13-/m0/s1. The Morgan fingerprint density at radius 2 is 1.81 bits per heavy atom. The molecular weight excluding hydrogens is 281 g/mol. The third-order valence-corrected chi connectivity index (χ3v) is 3.96. The largest absolute Gasteiger partial charge is 0.393 e. The molecule has 0 saturated heterocycles. The summed E-state index contributed by atoms with van der Waals surface area (Å²) in [7, 11) is 0. The molecule has 3 atom stereocenters. The minimum Gasteiger partial charge on any atom is -0.351 e. The third kappa shape index (κ3) is 3.97. The summed E-state index contributed by atoms with van der Waals surface area (Å²) in [6.07, 6.45) is -2.64. The number of halogens is 3. The Bertz CT molecular complexity index is 476. The van der Waals surface area contributed by atoms with Crippen LogP contribution in [-0.4, -0.2) is 18.1 Å². The first-order chi connectivity index (χ1) is 9.89. The van der Waals surface area contributed by atoms with Crippen LogP contribution in [0.3, 0.4) is 0 Å². The number of nitrogens with two attached hydrogens (primary N) is 1. The van der Waals surface area contributed by atoms with E-state index in [1.54, 1.807) is 30.3 Å². The van der Waals surface area contributed by atoms with E-state index >= 15 is 0 Å². The molecule has 0 aliphatic heterocycles. The Morgan fingerprint density at radius 1 is 1.19 bits per heavy atom. The molecule has 0 radical (unpaired) electrons. The second kappa shape index (κ2) is 6.47. The lowest BCUT2D eigenvalue weighted by molar-refractivity contribution is -0.189. The van der Waals surface area contributed by atoms with E-state index in [1.807, 2.05) is 0 Å². The highest BCUT2D eigenvalue weighted by Gasteiger charge is 2.46. The predicted molar refractivity (Wildman–Crippen MR) is 73.3 cm³/mol. The summed E-state index contributed by atoms with van der Waals surface area (Å²) in [5, 5.41) is 2.49. The normalized spacial score (nSPS) is 24.4. The van der Waals surface area contributed by atoms with E-state index in [-0.39, 0.29) is 6.42 Å². The smallest absolute Gasteiger partial charge is 0.351 e. The Morgan fingerprint density at radius 3 is 2.43 bits per heavy atom. The molecule has 1 aliphatic rings.